The molecule has 0 atom stereocenters. The van der Waals surface area contributed by atoms with Crippen molar-refractivity contribution in [2.75, 3.05) is 66.0 Å². The second-order valence-electron chi connectivity index (χ2n) is 4.78. The van der Waals surface area contributed by atoms with Crippen molar-refractivity contribution < 1.29 is 23.7 Å². The quantitative estimate of drug-likeness (QED) is 0.460. The summed E-state index contributed by atoms with van der Waals surface area (Å²) < 4.78 is 26.8. The Morgan fingerprint density at radius 1 is 0.565 bits per heavy atom. The maximum absolute atomic E-state index is 5.51. The van der Waals surface area contributed by atoms with E-state index in [1.165, 1.54) is 5.56 Å². The van der Waals surface area contributed by atoms with E-state index in [1.807, 2.05) is 30.3 Å². The molecule has 23 heavy (non-hydrogen) atoms. The molecule has 0 spiro atoms. The van der Waals surface area contributed by atoms with Gasteiger partial charge in [-0.3, -0.25) is 0 Å². The van der Waals surface area contributed by atoms with Crippen LogP contribution in [0.4, 0.5) is 0 Å². The van der Waals surface area contributed by atoms with Crippen LogP contribution >= 0.6 is 0 Å². The number of benzene rings is 1. The van der Waals surface area contributed by atoms with Gasteiger partial charge in [-0.1, -0.05) is 30.3 Å². The highest BCUT2D eigenvalue weighted by molar-refractivity contribution is 5.13. The fraction of sp³-hybridized carbons (Fsp3) is 0.647. The zero-order chi connectivity index (χ0) is 16.4. The minimum Gasteiger partial charge on any atom is -0.378 e. The summed E-state index contributed by atoms with van der Waals surface area (Å²) in [6.07, 6.45) is 0. The van der Waals surface area contributed by atoms with Crippen LogP contribution in [0.5, 0.6) is 0 Å². The number of nitrogens with two attached hydrogens (primary N) is 1. The van der Waals surface area contributed by atoms with Gasteiger partial charge in [0.2, 0.25) is 0 Å². The first-order chi connectivity index (χ1) is 11.4. The minimum absolute atomic E-state index is 0.542. The lowest BCUT2D eigenvalue weighted by Crippen LogP contribution is -2.14. The molecule has 1 aromatic carbocycles. The normalized spacial score (nSPS) is 11.0. The molecule has 0 saturated carbocycles. The van der Waals surface area contributed by atoms with Crippen LogP contribution in [0.1, 0.15) is 5.56 Å². The maximum Gasteiger partial charge on any atom is 0.0718 e. The van der Waals surface area contributed by atoms with Gasteiger partial charge in [0.1, 0.15) is 0 Å². The molecule has 0 amide bonds. The lowest BCUT2D eigenvalue weighted by Gasteiger charge is -2.07. The van der Waals surface area contributed by atoms with Gasteiger partial charge < -0.3 is 29.4 Å². The van der Waals surface area contributed by atoms with E-state index in [0.29, 0.717) is 72.6 Å². The molecule has 0 aliphatic carbocycles. The SMILES string of the molecule is NCCOCCOCCOCCOCCOCc1ccccc1. The number of ether oxygens (including phenoxy) is 5. The van der Waals surface area contributed by atoms with Gasteiger partial charge in [-0.15, -0.1) is 0 Å². The van der Waals surface area contributed by atoms with Crippen LogP contribution in [-0.4, -0.2) is 66.0 Å². The van der Waals surface area contributed by atoms with Crippen molar-refractivity contribution in [3.8, 4) is 0 Å². The Morgan fingerprint density at radius 3 is 1.48 bits per heavy atom. The second kappa shape index (κ2) is 15.9. The van der Waals surface area contributed by atoms with Crippen molar-refractivity contribution >= 4 is 0 Å². The van der Waals surface area contributed by atoms with Crippen molar-refractivity contribution in [1.82, 2.24) is 0 Å². The topological polar surface area (TPSA) is 72.2 Å². The van der Waals surface area contributed by atoms with E-state index < -0.39 is 0 Å². The maximum atomic E-state index is 5.51. The van der Waals surface area contributed by atoms with Crippen molar-refractivity contribution in [2.45, 2.75) is 6.61 Å². The fourth-order valence-corrected chi connectivity index (χ4v) is 1.73. The summed E-state index contributed by atoms with van der Waals surface area (Å²) in [4.78, 5) is 0. The number of hydrogen-bond donors (Lipinski definition) is 1. The van der Waals surface area contributed by atoms with Gasteiger partial charge in [0.25, 0.3) is 0 Å². The molecule has 6 heteroatoms. The zero-order valence-electron chi connectivity index (χ0n) is 13.8. The van der Waals surface area contributed by atoms with Gasteiger partial charge in [0.05, 0.1) is 66.1 Å². The van der Waals surface area contributed by atoms with Gasteiger partial charge in [-0.25, -0.2) is 0 Å². The molecule has 0 aliphatic heterocycles. The lowest BCUT2D eigenvalue weighted by atomic mass is 10.2. The fourth-order valence-electron chi connectivity index (χ4n) is 1.73. The highest BCUT2D eigenvalue weighted by atomic mass is 16.6. The average molecular weight is 327 g/mol. The van der Waals surface area contributed by atoms with Crippen molar-refractivity contribution in [3.63, 3.8) is 0 Å². The third kappa shape index (κ3) is 13.1. The molecular formula is C17H29NO5. The van der Waals surface area contributed by atoms with Crippen LogP contribution in [0, 0.1) is 0 Å². The summed E-state index contributed by atoms with van der Waals surface area (Å²) in [5.41, 5.74) is 6.47. The molecule has 0 fully saturated rings. The van der Waals surface area contributed by atoms with E-state index in [1.54, 1.807) is 0 Å². The third-order valence-corrected chi connectivity index (χ3v) is 2.86. The summed E-state index contributed by atoms with van der Waals surface area (Å²) in [5.74, 6) is 0. The van der Waals surface area contributed by atoms with Gasteiger partial charge >= 0.3 is 0 Å². The van der Waals surface area contributed by atoms with E-state index in [4.69, 9.17) is 29.4 Å². The van der Waals surface area contributed by atoms with Gasteiger partial charge in [0.15, 0.2) is 0 Å². The van der Waals surface area contributed by atoms with E-state index >= 15 is 0 Å². The zero-order valence-corrected chi connectivity index (χ0v) is 13.8. The summed E-state index contributed by atoms with van der Waals surface area (Å²) in [6, 6.07) is 10.1. The summed E-state index contributed by atoms with van der Waals surface area (Å²) in [7, 11) is 0. The Kier molecular flexibility index (Phi) is 13.8. The van der Waals surface area contributed by atoms with Crippen LogP contribution < -0.4 is 5.73 Å². The summed E-state index contributed by atoms with van der Waals surface area (Å²) >= 11 is 0. The Labute approximate surface area is 138 Å². The van der Waals surface area contributed by atoms with Crippen LogP contribution in [-0.2, 0) is 30.3 Å². The molecule has 132 valence electrons. The lowest BCUT2D eigenvalue weighted by molar-refractivity contribution is -0.0120. The molecule has 0 heterocycles. The predicted octanol–water partition coefficient (Wildman–Crippen LogP) is 1.23. The third-order valence-electron chi connectivity index (χ3n) is 2.86. The standard InChI is InChI=1S/C17H29NO5/c18-6-7-19-8-9-20-10-11-21-12-13-22-14-15-23-16-17-4-2-1-3-5-17/h1-5H,6-16,18H2. The molecule has 0 aliphatic rings. The Balaban J connectivity index is 1.72. The van der Waals surface area contributed by atoms with E-state index in [0.717, 1.165) is 0 Å². The first-order valence-electron chi connectivity index (χ1n) is 8.06. The molecule has 0 aromatic heterocycles. The van der Waals surface area contributed by atoms with Crippen LogP contribution in [0.3, 0.4) is 0 Å². The highest BCUT2D eigenvalue weighted by Gasteiger charge is 1.94. The smallest absolute Gasteiger partial charge is 0.0718 e. The second-order valence-corrected chi connectivity index (χ2v) is 4.78. The largest absolute Gasteiger partial charge is 0.378 e. The average Bonchev–Trinajstić information content (AvgIpc) is 2.59. The van der Waals surface area contributed by atoms with Crippen LogP contribution in [0.25, 0.3) is 0 Å². The molecule has 1 rings (SSSR count). The molecule has 0 unspecified atom stereocenters. The molecular weight excluding hydrogens is 298 g/mol. The van der Waals surface area contributed by atoms with Gasteiger partial charge in [-0.2, -0.15) is 0 Å². The van der Waals surface area contributed by atoms with Gasteiger partial charge in [-0.05, 0) is 5.56 Å². The molecule has 0 radical (unpaired) electrons. The number of rotatable bonds is 16. The van der Waals surface area contributed by atoms with Crippen LogP contribution in [0.2, 0.25) is 0 Å². The molecule has 6 nitrogen and oxygen atoms in total. The molecule has 0 saturated heterocycles. The Morgan fingerprint density at radius 2 is 1.00 bits per heavy atom. The number of hydrogen-bond acceptors (Lipinski definition) is 6. The highest BCUT2D eigenvalue weighted by Crippen LogP contribution is 1.99. The minimum atomic E-state index is 0.542. The molecule has 1 aromatic rings. The molecule has 0 bridgehead atoms. The van der Waals surface area contributed by atoms with Crippen LogP contribution in [0.15, 0.2) is 30.3 Å². The van der Waals surface area contributed by atoms with Crippen molar-refractivity contribution in [2.24, 2.45) is 5.73 Å². The van der Waals surface area contributed by atoms with E-state index in [-0.39, 0.29) is 0 Å². The first kappa shape index (κ1) is 20.0. The van der Waals surface area contributed by atoms with E-state index in [9.17, 15) is 0 Å². The monoisotopic (exact) mass is 327 g/mol. The Hall–Kier alpha value is -1.02. The predicted molar refractivity (Wildman–Crippen MR) is 88.4 cm³/mol. The van der Waals surface area contributed by atoms with Crippen molar-refractivity contribution in [1.29, 1.82) is 0 Å². The summed E-state index contributed by atoms with van der Waals surface area (Å²) in [6.45, 7) is 6.28. The van der Waals surface area contributed by atoms with E-state index in [2.05, 4.69) is 0 Å². The van der Waals surface area contributed by atoms with Gasteiger partial charge in [0, 0.05) is 6.54 Å². The Bertz CT molecular complexity index is 350. The summed E-state index contributed by atoms with van der Waals surface area (Å²) in [5, 5.41) is 0. The molecule has 2 N–H and O–H groups in total. The first-order valence-corrected chi connectivity index (χ1v) is 8.06. The van der Waals surface area contributed by atoms with Crippen molar-refractivity contribution in [3.05, 3.63) is 35.9 Å².